The minimum atomic E-state index is -0.347. The van der Waals surface area contributed by atoms with Crippen LogP contribution < -0.4 is 5.32 Å². The molecular formula is C18H27F2N. The molecule has 1 unspecified atom stereocenters. The maximum Gasteiger partial charge on any atom is 0.126 e. The van der Waals surface area contributed by atoms with Gasteiger partial charge in [-0.15, -0.1) is 0 Å². The molecule has 2 rings (SSSR count). The van der Waals surface area contributed by atoms with Gasteiger partial charge in [0, 0.05) is 5.54 Å². The predicted octanol–water partition coefficient (Wildman–Crippen LogP) is 4.70. The van der Waals surface area contributed by atoms with Crippen LogP contribution in [0.1, 0.15) is 52.0 Å². The first-order valence-electron chi connectivity index (χ1n) is 8.04. The van der Waals surface area contributed by atoms with E-state index in [-0.39, 0.29) is 17.2 Å². The highest BCUT2D eigenvalue weighted by Gasteiger charge is 2.27. The van der Waals surface area contributed by atoms with E-state index < -0.39 is 0 Å². The van der Waals surface area contributed by atoms with Gasteiger partial charge in [-0.05, 0) is 69.3 Å². The molecule has 1 aromatic rings. The van der Waals surface area contributed by atoms with Gasteiger partial charge in [-0.2, -0.15) is 0 Å². The molecule has 1 saturated carbocycles. The van der Waals surface area contributed by atoms with Gasteiger partial charge >= 0.3 is 0 Å². The van der Waals surface area contributed by atoms with Crippen LogP contribution in [0.5, 0.6) is 0 Å². The van der Waals surface area contributed by atoms with Crippen LogP contribution in [0.3, 0.4) is 0 Å². The molecule has 0 aliphatic heterocycles. The van der Waals surface area contributed by atoms with Crippen molar-refractivity contribution in [2.45, 2.75) is 58.4 Å². The van der Waals surface area contributed by atoms with Gasteiger partial charge in [-0.25, -0.2) is 8.78 Å². The van der Waals surface area contributed by atoms with Gasteiger partial charge in [0.1, 0.15) is 11.6 Å². The summed E-state index contributed by atoms with van der Waals surface area (Å²) in [6, 6.07) is 3.79. The van der Waals surface area contributed by atoms with Gasteiger partial charge in [-0.3, -0.25) is 0 Å². The van der Waals surface area contributed by atoms with Gasteiger partial charge in [0.2, 0.25) is 0 Å². The molecule has 0 bridgehead atoms. The Kier molecular flexibility index (Phi) is 5.37. The fraction of sp³-hybridized carbons (Fsp3) is 0.667. The summed E-state index contributed by atoms with van der Waals surface area (Å²) in [5.41, 5.74) is 0.569. The number of hydrogen-bond acceptors (Lipinski definition) is 1. The average Bonchev–Trinajstić information content (AvgIpc) is 2.91. The third-order valence-electron chi connectivity index (χ3n) is 4.45. The van der Waals surface area contributed by atoms with Crippen molar-refractivity contribution in [3.63, 3.8) is 0 Å². The van der Waals surface area contributed by atoms with Crippen molar-refractivity contribution in [3.05, 3.63) is 35.4 Å². The molecule has 0 aromatic heterocycles. The summed E-state index contributed by atoms with van der Waals surface area (Å²) in [6.45, 7) is 7.29. The first-order valence-corrected chi connectivity index (χ1v) is 8.04. The second-order valence-electron chi connectivity index (χ2n) is 7.38. The molecule has 1 aliphatic carbocycles. The Hall–Kier alpha value is -0.960. The van der Waals surface area contributed by atoms with Crippen molar-refractivity contribution in [3.8, 4) is 0 Å². The smallest absolute Gasteiger partial charge is 0.126 e. The second kappa shape index (κ2) is 6.87. The normalized spacial score (nSPS) is 18.1. The number of hydrogen-bond donors (Lipinski definition) is 1. The van der Waals surface area contributed by atoms with E-state index >= 15 is 0 Å². The molecule has 0 heterocycles. The van der Waals surface area contributed by atoms with Crippen molar-refractivity contribution in [1.29, 1.82) is 0 Å². The number of benzene rings is 1. The number of halogens is 2. The molecule has 0 amide bonds. The first-order chi connectivity index (χ1) is 9.85. The highest BCUT2D eigenvalue weighted by atomic mass is 19.1. The Bertz CT molecular complexity index is 459. The molecule has 1 aliphatic rings. The molecule has 0 radical (unpaired) electrons. The molecule has 1 fully saturated rings. The van der Waals surface area contributed by atoms with Gasteiger partial charge < -0.3 is 5.32 Å². The van der Waals surface area contributed by atoms with E-state index in [0.717, 1.165) is 6.54 Å². The van der Waals surface area contributed by atoms with Crippen LogP contribution in [0.15, 0.2) is 18.2 Å². The molecule has 1 N–H and O–H groups in total. The standard InChI is InChI=1S/C18H27F2N/c1-18(2,3)21-12-15(13-6-4-5-7-13)10-14-11-16(19)8-9-17(14)20/h8-9,11,13,15,21H,4-7,10,12H2,1-3H3. The van der Waals surface area contributed by atoms with Gasteiger partial charge in [-0.1, -0.05) is 25.7 Å². The van der Waals surface area contributed by atoms with Crippen molar-refractivity contribution < 1.29 is 8.78 Å². The number of nitrogens with one attached hydrogen (secondary N) is 1. The number of rotatable bonds is 5. The zero-order valence-electron chi connectivity index (χ0n) is 13.4. The summed E-state index contributed by atoms with van der Waals surface area (Å²) in [6.07, 6.45) is 5.59. The second-order valence-corrected chi connectivity index (χ2v) is 7.38. The van der Waals surface area contributed by atoms with Gasteiger partial charge in [0.15, 0.2) is 0 Å². The Morgan fingerprint density at radius 3 is 2.48 bits per heavy atom. The molecule has 0 spiro atoms. The predicted molar refractivity (Wildman–Crippen MR) is 83.3 cm³/mol. The third-order valence-corrected chi connectivity index (χ3v) is 4.45. The summed E-state index contributed by atoms with van der Waals surface area (Å²) in [5, 5.41) is 3.54. The lowest BCUT2D eigenvalue weighted by Crippen LogP contribution is -2.41. The average molecular weight is 295 g/mol. The fourth-order valence-electron chi connectivity index (χ4n) is 3.25. The largest absolute Gasteiger partial charge is 0.312 e. The summed E-state index contributed by atoms with van der Waals surface area (Å²) < 4.78 is 27.3. The van der Waals surface area contributed by atoms with Crippen LogP contribution in [0.4, 0.5) is 8.78 Å². The fourth-order valence-corrected chi connectivity index (χ4v) is 3.25. The van der Waals surface area contributed by atoms with Crippen molar-refractivity contribution in [2.75, 3.05) is 6.54 Å². The molecule has 3 heteroatoms. The van der Waals surface area contributed by atoms with E-state index in [4.69, 9.17) is 0 Å². The SMILES string of the molecule is CC(C)(C)NCC(Cc1cc(F)ccc1F)C1CCCC1. The van der Waals surface area contributed by atoms with Crippen molar-refractivity contribution in [2.24, 2.45) is 11.8 Å². The van der Waals surface area contributed by atoms with E-state index in [2.05, 4.69) is 26.1 Å². The highest BCUT2D eigenvalue weighted by molar-refractivity contribution is 5.19. The zero-order valence-corrected chi connectivity index (χ0v) is 13.4. The summed E-state index contributed by atoms with van der Waals surface area (Å²) >= 11 is 0. The molecule has 21 heavy (non-hydrogen) atoms. The monoisotopic (exact) mass is 295 g/mol. The Labute approximate surface area is 127 Å². The molecule has 0 saturated heterocycles. The van der Waals surface area contributed by atoms with E-state index in [1.807, 2.05) is 0 Å². The quantitative estimate of drug-likeness (QED) is 0.830. The van der Waals surface area contributed by atoms with Crippen LogP contribution in [-0.2, 0) is 6.42 Å². The summed E-state index contributed by atoms with van der Waals surface area (Å²) in [4.78, 5) is 0. The summed E-state index contributed by atoms with van der Waals surface area (Å²) in [7, 11) is 0. The van der Waals surface area contributed by atoms with E-state index in [1.165, 1.54) is 43.9 Å². The van der Waals surface area contributed by atoms with E-state index in [1.54, 1.807) is 0 Å². The zero-order chi connectivity index (χ0) is 15.5. The van der Waals surface area contributed by atoms with Gasteiger partial charge in [0.05, 0.1) is 0 Å². The van der Waals surface area contributed by atoms with Crippen LogP contribution in [0.25, 0.3) is 0 Å². The topological polar surface area (TPSA) is 12.0 Å². The lowest BCUT2D eigenvalue weighted by Gasteiger charge is -2.29. The molecular weight excluding hydrogens is 268 g/mol. The maximum absolute atomic E-state index is 13.9. The minimum absolute atomic E-state index is 0.0529. The summed E-state index contributed by atoms with van der Waals surface area (Å²) in [5.74, 6) is 0.376. The molecule has 1 atom stereocenters. The molecule has 118 valence electrons. The lowest BCUT2D eigenvalue weighted by molar-refractivity contribution is 0.284. The van der Waals surface area contributed by atoms with Crippen LogP contribution in [0.2, 0.25) is 0 Å². The van der Waals surface area contributed by atoms with Crippen LogP contribution in [0, 0.1) is 23.5 Å². The van der Waals surface area contributed by atoms with Crippen molar-refractivity contribution >= 4 is 0 Å². The van der Waals surface area contributed by atoms with Crippen LogP contribution in [-0.4, -0.2) is 12.1 Å². The third kappa shape index (κ3) is 5.06. The highest BCUT2D eigenvalue weighted by Crippen LogP contribution is 2.33. The van der Waals surface area contributed by atoms with Gasteiger partial charge in [0.25, 0.3) is 0 Å². The Morgan fingerprint density at radius 1 is 1.19 bits per heavy atom. The lowest BCUT2D eigenvalue weighted by atomic mass is 9.85. The molecule has 1 nitrogen and oxygen atoms in total. The Balaban J connectivity index is 2.09. The molecule has 1 aromatic carbocycles. The first kappa shape index (κ1) is 16.4. The van der Waals surface area contributed by atoms with E-state index in [9.17, 15) is 8.78 Å². The minimum Gasteiger partial charge on any atom is -0.312 e. The van der Waals surface area contributed by atoms with E-state index in [0.29, 0.717) is 23.8 Å². The Morgan fingerprint density at radius 2 is 1.86 bits per heavy atom. The van der Waals surface area contributed by atoms with Crippen molar-refractivity contribution in [1.82, 2.24) is 5.32 Å². The maximum atomic E-state index is 13.9. The van der Waals surface area contributed by atoms with Crippen LogP contribution >= 0.6 is 0 Å².